The maximum atomic E-state index is 11.9. The molecule has 0 aliphatic heterocycles. The van der Waals surface area contributed by atoms with Crippen LogP contribution in [0.4, 0.5) is 5.69 Å². The van der Waals surface area contributed by atoms with E-state index in [0.29, 0.717) is 17.0 Å². The van der Waals surface area contributed by atoms with E-state index < -0.39 is 0 Å². The van der Waals surface area contributed by atoms with Gasteiger partial charge in [-0.05, 0) is 42.5 Å². The summed E-state index contributed by atoms with van der Waals surface area (Å²) in [4.78, 5) is 29.5. The molecule has 1 heterocycles. The van der Waals surface area contributed by atoms with E-state index in [1.807, 2.05) is 6.07 Å². The van der Waals surface area contributed by atoms with Gasteiger partial charge in [-0.15, -0.1) is 0 Å². The molecule has 0 saturated carbocycles. The molecule has 0 aliphatic rings. The number of aromatic nitrogens is 2. The number of aromatic amines is 1. The van der Waals surface area contributed by atoms with E-state index >= 15 is 0 Å². The monoisotopic (exact) mass is 295 g/mol. The zero-order chi connectivity index (χ0) is 15.4. The number of fused-ring (bicyclic) bond motifs is 1. The molecule has 0 bridgehead atoms. The molecule has 2 aromatic carbocycles. The van der Waals surface area contributed by atoms with E-state index in [1.165, 1.54) is 0 Å². The fourth-order valence-corrected chi connectivity index (χ4v) is 2.00. The first-order chi connectivity index (χ1) is 10.7. The number of H-pyrrole nitrogens is 1. The topological polar surface area (TPSA) is 84.1 Å². The summed E-state index contributed by atoms with van der Waals surface area (Å²) in [6, 6.07) is 12.0. The molecule has 110 valence electrons. The SMILES string of the molecule is O=Cc1ccc(OCC(=O)Nc2ccc3nc[nH]c3c2)cc1. The Morgan fingerprint density at radius 3 is 2.82 bits per heavy atom. The standard InChI is InChI=1S/C16H13N3O3/c20-8-11-1-4-13(5-2-11)22-9-16(21)19-12-3-6-14-15(7-12)18-10-17-14/h1-8,10H,9H2,(H,17,18)(H,19,21). The lowest BCUT2D eigenvalue weighted by atomic mass is 10.2. The lowest BCUT2D eigenvalue weighted by molar-refractivity contribution is -0.118. The van der Waals surface area contributed by atoms with Crippen LogP contribution < -0.4 is 10.1 Å². The molecule has 6 heteroatoms. The molecule has 0 aliphatic carbocycles. The van der Waals surface area contributed by atoms with Crippen LogP contribution in [0.2, 0.25) is 0 Å². The second-order valence-corrected chi connectivity index (χ2v) is 4.66. The summed E-state index contributed by atoms with van der Waals surface area (Å²) < 4.78 is 5.36. The number of carbonyl (C=O) groups excluding carboxylic acids is 2. The highest BCUT2D eigenvalue weighted by Gasteiger charge is 2.05. The zero-order valence-corrected chi connectivity index (χ0v) is 11.6. The van der Waals surface area contributed by atoms with Crippen LogP contribution in [0.1, 0.15) is 10.4 Å². The number of nitrogens with zero attached hydrogens (tertiary/aromatic N) is 1. The van der Waals surface area contributed by atoms with Crippen molar-refractivity contribution in [2.24, 2.45) is 0 Å². The molecule has 0 radical (unpaired) electrons. The Hall–Kier alpha value is -3.15. The second kappa shape index (κ2) is 6.09. The Kier molecular flexibility index (Phi) is 3.82. The van der Waals surface area contributed by atoms with Crippen molar-refractivity contribution in [2.75, 3.05) is 11.9 Å². The van der Waals surface area contributed by atoms with Gasteiger partial charge >= 0.3 is 0 Å². The van der Waals surface area contributed by atoms with Crippen LogP contribution in [0.3, 0.4) is 0 Å². The van der Waals surface area contributed by atoms with E-state index in [2.05, 4.69) is 15.3 Å². The third-order valence-corrected chi connectivity index (χ3v) is 3.09. The summed E-state index contributed by atoms with van der Waals surface area (Å²) in [5.41, 5.74) is 2.92. The maximum Gasteiger partial charge on any atom is 0.262 e. The molecular weight excluding hydrogens is 282 g/mol. The van der Waals surface area contributed by atoms with Crippen LogP contribution in [0.25, 0.3) is 11.0 Å². The van der Waals surface area contributed by atoms with Crippen LogP contribution in [-0.2, 0) is 4.79 Å². The van der Waals surface area contributed by atoms with E-state index in [4.69, 9.17) is 4.74 Å². The molecule has 0 unspecified atom stereocenters. The first-order valence-corrected chi connectivity index (χ1v) is 6.65. The Labute approximate surface area is 126 Å². The van der Waals surface area contributed by atoms with Crippen LogP contribution in [0.15, 0.2) is 48.8 Å². The highest BCUT2D eigenvalue weighted by molar-refractivity contribution is 5.93. The fourth-order valence-electron chi connectivity index (χ4n) is 2.00. The summed E-state index contributed by atoms with van der Waals surface area (Å²) in [5.74, 6) is 0.267. The van der Waals surface area contributed by atoms with Crippen molar-refractivity contribution >= 4 is 28.9 Å². The average molecular weight is 295 g/mol. The van der Waals surface area contributed by atoms with Crippen molar-refractivity contribution < 1.29 is 14.3 Å². The Morgan fingerprint density at radius 1 is 1.23 bits per heavy atom. The predicted octanol–water partition coefficient (Wildman–Crippen LogP) is 2.39. The Morgan fingerprint density at radius 2 is 2.05 bits per heavy atom. The number of ether oxygens (including phenoxy) is 1. The second-order valence-electron chi connectivity index (χ2n) is 4.66. The molecule has 0 atom stereocenters. The first-order valence-electron chi connectivity index (χ1n) is 6.65. The number of hydrogen-bond donors (Lipinski definition) is 2. The first kappa shape index (κ1) is 13.8. The van der Waals surface area contributed by atoms with Crippen LogP contribution >= 0.6 is 0 Å². The molecule has 0 saturated heterocycles. The van der Waals surface area contributed by atoms with Gasteiger partial charge in [0, 0.05) is 11.3 Å². The lowest BCUT2D eigenvalue weighted by Gasteiger charge is -2.07. The van der Waals surface area contributed by atoms with Gasteiger partial charge in [-0.3, -0.25) is 9.59 Å². The molecule has 0 spiro atoms. The Balaban J connectivity index is 1.58. The molecule has 6 nitrogen and oxygen atoms in total. The van der Waals surface area contributed by atoms with E-state index in [0.717, 1.165) is 17.3 Å². The van der Waals surface area contributed by atoms with E-state index in [9.17, 15) is 9.59 Å². The van der Waals surface area contributed by atoms with Crippen LogP contribution in [-0.4, -0.2) is 28.8 Å². The van der Waals surface area contributed by atoms with Gasteiger partial charge < -0.3 is 15.0 Å². The van der Waals surface area contributed by atoms with Crippen molar-refractivity contribution in [1.82, 2.24) is 9.97 Å². The Bertz CT molecular complexity index is 809. The van der Waals surface area contributed by atoms with Gasteiger partial charge in [0.05, 0.1) is 17.4 Å². The number of imidazole rings is 1. The number of benzene rings is 2. The maximum absolute atomic E-state index is 11.9. The summed E-state index contributed by atoms with van der Waals surface area (Å²) in [6.07, 6.45) is 2.35. The number of aldehydes is 1. The van der Waals surface area contributed by atoms with E-state index in [1.54, 1.807) is 42.7 Å². The molecule has 1 aromatic heterocycles. The van der Waals surface area contributed by atoms with Crippen molar-refractivity contribution in [3.8, 4) is 5.75 Å². The molecule has 2 N–H and O–H groups in total. The van der Waals surface area contributed by atoms with Gasteiger partial charge in [0.15, 0.2) is 6.61 Å². The zero-order valence-electron chi connectivity index (χ0n) is 11.6. The van der Waals surface area contributed by atoms with Crippen molar-refractivity contribution in [3.63, 3.8) is 0 Å². The number of nitrogens with one attached hydrogen (secondary N) is 2. The highest BCUT2D eigenvalue weighted by atomic mass is 16.5. The van der Waals surface area contributed by atoms with Crippen molar-refractivity contribution in [1.29, 1.82) is 0 Å². The molecule has 3 rings (SSSR count). The van der Waals surface area contributed by atoms with Gasteiger partial charge in [0.2, 0.25) is 0 Å². The molecule has 22 heavy (non-hydrogen) atoms. The number of carbonyl (C=O) groups is 2. The number of anilines is 1. The van der Waals surface area contributed by atoms with Gasteiger partial charge in [-0.1, -0.05) is 0 Å². The minimum atomic E-state index is -0.265. The van der Waals surface area contributed by atoms with Crippen molar-refractivity contribution in [3.05, 3.63) is 54.4 Å². The average Bonchev–Trinajstić information content (AvgIpc) is 3.01. The molecule has 0 fully saturated rings. The molecular formula is C16H13N3O3. The third-order valence-electron chi connectivity index (χ3n) is 3.09. The third kappa shape index (κ3) is 3.12. The minimum absolute atomic E-state index is 0.110. The minimum Gasteiger partial charge on any atom is -0.484 e. The summed E-state index contributed by atoms with van der Waals surface area (Å²) in [7, 11) is 0. The van der Waals surface area contributed by atoms with Gasteiger partial charge in [0.1, 0.15) is 12.0 Å². The van der Waals surface area contributed by atoms with Gasteiger partial charge in [-0.2, -0.15) is 0 Å². The number of rotatable bonds is 5. The summed E-state index contributed by atoms with van der Waals surface area (Å²) in [6.45, 7) is -0.110. The van der Waals surface area contributed by atoms with Gasteiger partial charge in [0.25, 0.3) is 5.91 Å². The number of amides is 1. The fraction of sp³-hybridized carbons (Fsp3) is 0.0625. The summed E-state index contributed by atoms with van der Waals surface area (Å²) >= 11 is 0. The number of hydrogen-bond acceptors (Lipinski definition) is 4. The lowest BCUT2D eigenvalue weighted by Crippen LogP contribution is -2.20. The highest BCUT2D eigenvalue weighted by Crippen LogP contribution is 2.16. The predicted molar refractivity (Wildman–Crippen MR) is 82.0 cm³/mol. The largest absolute Gasteiger partial charge is 0.484 e. The quantitative estimate of drug-likeness (QED) is 0.708. The van der Waals surface area contributed by atoms with Gasteiger partial charge in [-0.25, -0.2) is 4.98 Å². The smallest absolute Gasteiger partial charge is 0.262 e. The van der Waals surface area contributed by atoms with Crippen LogP contribution in [0, 0.1) is 0 Å². The van der Waals surface area contributed by atoms with Crippen LogP contribution in [0.5, 0.6) is 5.75 Å². The van der Waals surface area contributed by atoms with Crippen molar-refractivity contribution in [2.45, 2.75) is 0 Å². The summed E-state index contributed by atoms with van der Waals surface area (Å²) in [5, 5.41) is 2.75. The molecule has 1 amide bonds. The molecule has 3 aromatic rings. The van der Waals surface area contributed by atoms with E-state index in [-0.39, 0.29) is 12.5 Å². The normalized spacial score (nSPS) is 10.4.